The van der Waals surface area contributed by atoms with Gasteiger partial charge in [0.15, 0.2) is 4.34 Å². The van der Waals surface area contributed by atoms with Gasteiger partial charge >= 0.3 is 12.0 Å². The van der Waals surface area contributed by atoms with Crippen molar-refractivity contribution < 1.29 is 18.7 Å². The molecule has 0 aliphatic carbocycles. The number of rotatable bonds is 5. The number of urea groups is 1. The number of para-hydroxylation sites is 1. The minimum Gasteiger partial charge on any atom is -0.466 e. The predicted molar refractivity (Wildman–Crippen MR) is 110 cm³/mol. The number of benzene rings is 2. The number of fused-ring (bicyclic) bond motifs is 1. The number of ether oxygens (including phenoxy) is 1. The number of hydrogen-bond acceptors (Lipinski definition) is 6. The molecule has 0 saturated carbocycles. The van der Waals surface area contributed by atoms with Crippen LogP contribution in [0.4, 0.5) is 9.18 Å². The van der Waals surface area contributed by atoms with E-state index in [1.807, 2.05) is 24.3 Å². The van der Waals surface area contributed by atoms with E-state index in [-0.39, 0.29) is 5.57 Å². The molecule has 148 valence electrons. The molecule has 0 fully saturated rings. The predicted octanol–water partition coefficient (Wildman–Crippen LogP) is 4.01. The third kappa shape index (κ3) is 4.10. The zero-order valence-corrected chi connectivity index (χ0v) is 16.9. The molecule has 0 spiro atoms. The Morgan fingerprint density at radius 1 is 1.24 bits per heavy atom. The summed E-state index contributed by atoms with van der Waals surface area (Å²) < 4.78 is 20.2. The lowest BCUT2D eigenvalue weighted by Gasteiger charge is -2.29. The summed E-state index contributed by atoms with van der Waals surface area (Å²) in [4.78, 5) is 29.3. The Balaban J connectivity index is 1.66. The molecular weight excluding hydrogens is 413 g/mol. The molecule has 2 amide bonds. The van der Waals surface area contributed by atoms with Gasteiger partial charge in [-0.15, -0.1) is 11.3 Å². The number of thioether (sulfide) groups is 1. The molecule has 9 heteroatoms. The second-order valence-corrected chi connectivity index (χ2v) is 8.46. The first-order valence-corrected chi connectivity index (χ1v) is 10.5. The number of hydrogen-bond donors (Lipinski definition) is 2. The van der Waals surface area contributed by atoms with Crippen molar-refractivity contribution in [1.82, 2.24) is 15.6 Å². The summed E-state index contributed by atoms with van der Waals surface area (Å²) in [7, 11) is 1.28. The van der Waals surface area contributed by atoms with Crippen LogP contribution >= 0.6 is 23.1 Å². The number of methoxy groups -OCH3 is 1. The zero-order chi connectivity index (χ0) is 20.4. The van der Waals surface area contributed by atoms with Gasteiger partial charge in [-0.1, -0.05) is 36.0 Å². The molecule has 4 rings (SSSR count). The highest BCUT2D eigenvalue weighted by Crippen LogP contribution is 2.33. The number of halogens is 1. The van der Waals surface area contributed by atoms with Gasteiger partial charge in [0.25, 0.3) is 0 Å². The minimum absolute atomic E-state index is 0.285. The van der Waals surface area contributed by atoms with Gasteiger partial charge in [0.2, 0.25) is 0 Å². The number of thiazole rings is 1. The maximum absolute atomic E-state index is 13.3. The first kappa shape index (κ1) is 19.4. The number of nitrogens with zero attached hydrogens (tertiary/aromatic N) is 1. The highest BCUT2D eigenvalue weighted by atomic mass is 32.2. The summed E-state index contributed by atoms with van der Waals surface area (Å²) >= 11 is 2.97. The van der Waals surface area contributed by atoms with Crippen LogP contribution in [-0.2, 0) is 9.53 Å². The van der Waals surface area contributed by atoms with Gasteiger partial charge in [-0.25, -0.2) is 19.0 Å². The van der Waals surface area contributed by atoms with Gasteiger partial charge in [-0.2, -0.15) is 0 Å². The molecule has 6 nitrogen and oxygen atoms in total. The molecule has 1 aromatic heterocycles. The Labute approximate surface area is 174 Å². The van der Waals surface area contributed by atoms with Crippen molar-refractivity contribution in [2.24, 2.45) is 0 Å². The van der Waals surface area contributed by atoms with Crippen LogP contribution in [0.3, 0.4) is 0 Å². The van der Waals surface area contributed by atoms with E-state index in [1.165, 1.54) is 43.1 Å². The molecule has 0 unspecified atom stereocenters. The number of aromatic nitrogens is 1. The van der Waals surface area contributed by atoms with Crippen molar-refractivity contribution in [1.29, 1.82) is 0 Å². The van der Waals surface area contributed by atoms with E-state index >= 15 is 0 Å². The van der Waals surface area contributed by atoms with Crippen molar-refractivity contribution in [3.8, 4) is 0 Å². The number of nitrogens with one attached hydrogen (secondary N) is 2. The van der Waals surface area contributed by atoms with Crippen molar-refractivity contribution >= 4 is 45.3 Å². The number of carbonyl (C=O) groups is 2. The Kier molecular flexibility index (Phi) is 5.50. The van der Waals surface area contributed by atoms with E-state index in [4.69, 9.17) is 4.74 Å². The maximum Gasteiger partial charge on any atom is 0.338 e. The highest BCUT2D eigenvalue weighted by molar-refractivity contribution is 8.01. The van der Waals surface area contributed by atoms with Gasteiger partial charge in [0.05, 0.1) is 28.9 Å². The van der Waals surface area contributed by atoms with Crippen LogP contribution < -0.4 is 10.6 Å². The van der Waals surface area contributed by atoms with E-state index < -0.39 is 23.9 Å². The van der Waals surface area contributed by atoms with Crippen molar-refractivity contribution in [2.75, 3.05) is 12.9 Å². The largest absolute Gasteiger partial charge is 0.466 e. The third-order valence-corrected chi connectivity index (χ3v) is 6.58. The van der Waals surface area contributed by atoms with E-state index in [0.717, 1.165) is 14.6 Å². The zero-order valence-electron chi connectivity index (χ0n) is 15.3. The van der Waals surface area contributed by atoms with Crippen LogP contribution in [0.1, 0.15) is 11.6 Å². The molecule has 2 heterocycles. The summed E-state index contributed by atoms with van der Waals surface area (Å²) in [6.45, 7) is 0. The van der Waals surface area contributed by atoms with Crippen molar-refractivity contribution in [2.45, 2.75) is 10.4 Å². The molecular formula is C20H16FN3O3S2. The second kappa shape index (κ2) is 8.22. The van der Waals surface area contributed by atoms with Crippen molar-refractivity contribution in [3.63, 3.8) is 0 Å². The lowest BCUT2D eigenvalue weighted by atomic mass is 9.95. The molecule has 1 aliphatic heterocycles. The fourth-order valence-corrected chi connectivity index (χ4v) is 5.07. The van der Waals surface area contributed by atoms with Crippen LogP contribution in [0.2, 0.25) is 0 Å². The molecule has 0 saturated heterocycles. The normalized spacial score (nSPS) is 16.5. The van der Waals surface area contributed by atoms with Gasteiger partial charge in [0, 0.05) is 11.4 Å². The fourth-order valence-electron chi connectivity index (χ4n) is 3.03. The third-order valence-electron chi connectivity index (χ3n) is 4.38. The lowest BCUT2D eigenvalue weighted by Crippen LogP contribution is -2.46. The SMILES string of the molecule is COC(=O)C1=C(CSc2nc3ccccc3s2)NC(=O)N[C@H]1c1ccc(F)cc1. The smallest absolute Gasteiger partial charge is 0.338 e. The molecule has 0 radical (unpaired) electrons. The fraction of sp³-hybridized carbons (Fsp3) is 0.150. The summed E-state index contributed by atoms with van der Waals surface area (Å²) in [6, 6.07) is 12.3. The minimum atomic E-state index is -0.734. The Hall–Kier alpha value is -2.91. The Morgan fingerprint density at radius 2 is 2.00 bits per heavy atom. The summed E-state index contributed by atoms with van der Waals surface area (Å²) in [5.74, 6) is -0.633. The van der Waals surface area contributed by atoms with Gasteiger partial charge in [0.1, 0.15) is 5.82 Å². The van der Waals surface area contributed by atoms with E-state index in [2.05, 4.69) is 15.6 Å². The molecule has 1 aliphatic rings. The maximum atomic E-state index is 13.3. The van der Waals surface area contributed by atoms with Gasteiger partial charge in [-0.3, -0.25) is 0 Å². The standard InChI is InChI=1S/C20H16FN3O3S2/c1-27-18(25)16-14(10-28-20-23-13-4-2-3-5-15(13)29-20)22-19(26)24-17(16)11-6-8-12(21)9-7-11/h2-9,17H,10H2,1H3,(H2,22,24,26)/t17-/m0/s1. The van der Waals surface area contributed by atoms with E-state index in [0.29, 0.717) is 17.0 Å². The molecule has 3 aromatic rings. The average Bonchev–Trinajstić information content (AvgIpc) is 3.15. The summed E-state index contributed by atoms with van der Waals surface area (Å²) in [6.07, 6.45) is 0. The first-order valence-electron chi connectivity index (χ1n) is 8.68. The number of esters is 1. The second-order valence-electron chi connectivity index (χ2n) is 6.20. The summed E-state index contributed by atoms with van der Waals surface area (Å²) in [5, 5.41) is 5.42. The van der Waals surface area contributed by atoms with Crippen LogP contribution in [0.15, 0.2) is 64.1 Å². The molecule has 0 bridgehead atoms. The quantitative estimate of drug-likeness (QED) is 0.473. The number of amides is 2. The van der Waals surface area contributed by atoms with Crippen molar-refractivity contribution in [3.05, 3.63) is 71.2 Å². The molecule has 2 aromatic carbocycles. The average molecular weight is 429 g/mol. The lowest BCUT2D eigenvalue weighted by molar-refractivity contribution is -0.136. The summed E-state index contributed by atoms with van der Waals surface area (Å²) in [5.41, 5.74) is 2.22. The van der Waals surface area contributed by atoms with E-state index in [9.17, 15) is 14.0 Å². The number of carbonyl (C=O) groups excluding carboxylic acids is 2. The molecule has 29 heavy (non-hydrogen) atoms. The van der Waals surface area contributed by atoms with Crippen LogP contribution in [0.5, 0.6) is 0 Å². The molecule has 2 N–H and O–H groups in total. The Morgan fingerprint density at radius 3 is 2.72 bits per heavy atom. The molecule has 1 atom stereocenters. The van der Waals surface area contributed by atoms with Gasteiger partial charge < -0.3 is 15.4 Å². The Bertz CT molecular complexity index is 1080. The first-order chi connectivity index (χ1) is 14.0. The van der Waals surface area contributed by atoms with Crippen LogP contribution in [0, 0.1) is 5.82 Å². The van der Waals surface area contributed by atoms with E-state index in [1.54, 1.807) is 11.3 Å². The van der Waals surface area contributed by atoms with Crippen LogP contribution in [-0.4, -0.2) is 29.8 Å². The topological polar surface area (TPSA) is 80.3 Å². The highest BCUT2D eigenvalue weighted by Gasteiger charge is 2.33. The van der Waals surface area contributed by atoms with Crippen LogP contribution in [0.25, 0.3) is 10.2 Å². The monoisotopic (exact) mass is 429 g/mol. The van der Waals surface area contributed by atoms with Gasteiger partial charge in [-0.05, 0) is 29.8 Å².